The number of pyridine rings is 1. The molecular formula is C25H30F6N8O3. The maximum Gasteiger partial charge on any atom is 0.458 e. The Balaban J connectivity index is 0.000000343. The fraction of sp³-hybridized carbons (Fsp3) is 0.520. The second kappa shape index (κ2) is 13.4. The summed E-state index contributed by atoms with van der Waals surface area (Å²) in [5.41, 5.74) is 3.88. The molecule has 42 heavy (non-hydrogen) atoms. The molecule has 3 aromatic rings. The number of ether oxygens (including phenoxy) is 1. The van der Waals surface area contributed by atoms with E-state index in [9.17, 15) is 35.9 Å². The van der Waals surface area contributed by atoms with Gasteiger partial charge < -0.3 is 20.3 Å². The molecule has 0 amide bonds. The minimum absolute atomic E-state index is 0.243. The van der Waals surface area contributed by atoms with E-state index in [1.165, 1.54) is 0 Å². The first kappa shape index (κ1) is 32.7. The van der Waals surface area contributed by atoms with Crippen LogP contribution in [0.25, 0.3) is 11.0 Å². The number of methoxy groups -OCH3 is 1. The van der Waals surface area contributed by atoms with E-state index in [0.717, 1.165) is 66.1 Å². The van der Waals surface area contributed by atoms with Crippen LogP contribution in [-0.4, -0.2) is 88.5 Å². The molecule has 4 rings (SSSR count). The Morgan fingerprint density at radius 3 is 2.21 bits per heavy atom. The lowest BCUT2D eigenvalue weighted by Gasteiger charge is -2.27. The largest absolute Gasteiger partial charge is 0.458 e. The van der Waals surface area contributed by atoms with Crippen LogP contribution in [0.2, 0.25) is 0 Å². The summed E-state index contributed by atoms with van der Waals surface area (Å²) in [5.74, 6) is -4.36. The topological polar surface area (TPSA) is 127 Å². The van der Waals surface area contributed by atoms with Gasteiger partial charge in [-0.3, -0.25) is 14.3 Å². The van der Waals surface area contributed by atoms with E-state index in [1.54, 1.807) is 13.3 Å². The van der Waals surface area contributed by atoms with Crippen LogP contribution < -0.4 is 15.5 Å². The number of hydrogen-bond donors (Lipinski definition) is 2. The number of hydrogen-bond acceptors (Lipinski definition) is 10. The summed E-state index contributed by atoms with van der Waals surface area (Å²) in [6.45, 7) is 11.1. The number of halogens is 6. The van der Waals surface area contributed by atoms with Gasteiger partial charge in [-0.15, -0.1) is 0 Å². The third-order valence-electron chi connectivity index (χ3n) is 5.94. The average Bonchev–Trinajstić information content (AvgIpc) is 3.30. The van der Waals surface area contributed by atoms with Gasteiger partial charge in [0.25, 0.3) is 0 Å². The lowest BCUT2D eigenvalue weighted by Crippen LogP contribution is -2.44. The Morgan fingerprint density at radius 1 is 1.07 bits per heavy atom. The number of ketones is 2. The Hall–Kier alpha value is -3.86. The monoisotopic (exact) mass is 604 g/mol. The van der Waals surface area contributed by atoms with E-state index in [2.05, 4.69) is 34.4 Å². The Labute approximate surface area is 236 Å². The molecule has 1 aliphatic heterocycles. The van der Waals surface area contributed by atoms with E-state index < -0.39 is 23.9 Å². The van der Waals surface area contributed by atoms with Crippen LogP contribution in [0.3, 0.4) is 0 Å². The van der Waals surface area contributed by atoms with Crippen LogP contribution in [0.4, 0.5) is 43.9 Å². The van der Waals surface area contributed by atoms with Crippen LogP contribution in [0.1, 0.15) is 31.0 Å². The van der Waals surface area contributed by atoms with Gasteiger partial charge >= 0.3 is 23.9 Å². The Bertz CT molecular complexity index is 1380. The number of rotatable bonds is 8. The highest BCUT2D eigenvalue weighted by atomic mass is 19.4. The molecule has 0 bridgehead atoms. The van der Waals surface area contributed by atoms with Gasteiger partial charge in [-0.1, -0.05) is 13.8 Å². The zero-order valence-electron chi connectivity index (χ0n) is 23.2. The third kappa shape index (κ3) is 8.12. The lowest BCUT2D eigenvalue weighted by atomic mass is 10.1. The zero-order valence-corrected chi connectivity index (χ0v) is 23.2. The predicted octanol–water partition coefficient (Wildman–Crippen LogP) is 3.70. The number of carbonyl (C=O) groups is 2. The van der Waals surface area contributed by atoms with E-state index in [1.807, 2.05) is 23.7 Å². The van der Waals surface area contributed by atoms with Crippen LogP contribution in [0.15, 0.2) is 18.3 Å². The first-order valence-corrected chi connectivity index (χ1v) is 12.8. The Morgan fingerprint density at radius 2 is 1.69 bits per heavy atom. The molecule has 1 aliphatic rings. The number of anilines is 3. The highest BCUT2D eigenvalue weighted by molar-refractivity contribution is 6.41. The fourth-order valence-corrected chi connectivity index (χ4v) is 3.90. The fourth-order valence-electron chi connectivity index (χ4n) is 3.90. The highest BCUT2D eigenvalue weighted by Gasteiger charge is 2.54. The predicted molar refractivity (Wildman–Crippen MR) is 141 cm³/mol. The number of nitrogens with zero attached hydrogens (tertiary/aromatic N) is 6. The molecule has 0 radical (unpaired) electrons. The summed E-state index contributed by atoms with van der Waals surface area (Å²) in [5, 5.41) is 11.7. The van der Waals surface area contributed by atoms with Crippen molar-refractivity contribution in [1.29, 1.82) is 0 Å². The summed E-state index contributed by atoms with van der Waals surface area (Å²) in [7, 11) is 1.70. The van der Waals surface area contributed by atoms with Crippen molar-refractivity contribution >= 4 is 40.2 Å². The van der Waals surface area contributed by atoms with Gasteiger partial charge in [0, 0.05) is 39.5 Å². The normalized spacial score (nSPS) is 14.1. The minimum Gasteiger partial charge on any atom is -0.383 e. The number of aromatic nitrogens is 5. The number of piperazine rings is 1. The van der Waals surface area contributed by atoms with Crippen molar-refractivity contribution in [2.75, 3.05) is 50.1 Å². The van der Waals surface area contributed by atoms with Gasteiger partial charge in [0.2, 0.25) is 5.95 Å². The second-order valence-corrected chi connectivity index (χ2v) is 9.56. The van der Waals surface area contributed by atoms with Crippen LogP contribution in [0.5, 0.6) is 0 Å². The van der Waals surface area contributed by atoms with Gasteiger partial charge in [-0.25, -0.2) is 9.97 Å². The zero-order chi connectivity index (χ0) is 31.2. The van der Waals surface area contributed by atoms with Crippen molar-refractivity contribution in [3.63, 3.8) is 0 Å². The third-order valence-corrected chi connectivity index (χ3v) is 5.94. The van der Waals surface area contributed by atoms with Gasteiger partial charge in [0.15, 0.2) is 5.82 Å². The minimum atomic E-state index is -5.77. The Kier molecular flexibility index (Phi) is 10.4. The number of Topliss-reactive ketones (excluding diaryl/α,β-unsaturated/α-hetero) is 2. The molecule has 3 aromatic heterocycles. The molecule has 0 aromatic carbocycles. The molecule has 230 valence electrons. The van der Waals surface area contributed by atoms with Crippen molar-refractivity contribution < 1.29 is 40.7 Å². The van der Waals surface area contributed by atoms with Crippen molar-refractivity contribution in [3.05, 3.63) is 29.6 Å². The summed E-state index contributed by atoms with van der Waals surface area (Å²) in [6, 6.07) is 3.99. The first-order chi connectivity index (χ1) is 19.6. The standard InChI is InChI=1S/C21H30N8O.C4F6O2/c1-14(2)17-18-19(29(27-17)11-12-30-4)20(24-16-13-15(3)5-6-23-16)26-21(25-18)28-9-7-22-8-10-28;5-3(6,7)1(11)2(12)4(8,9)10/h5-6,13-14,22H,7-12H2,1-4H3,(H,23,24,25,26);. The summed E-state index contributed by atoms with van der Waals surface area (Å²) < 4.78 is 74.2. The smallest absolute Gasteiger partial charge is 0.383 e. The highest BCUT2D eigenvalue weighted by Crippen LogP contribution is 2.31. The quantitative estimate of drug-likeness (QED) is 0.290. The molecule has 0 unspecified atom stereocenters. The molecular weight excluding hydrogens is 574 g/mol. The van der Waals surface area contributed by atoms with E-state index >= 15 is 0 Å². The lowest BCUT2D eigenvalue weighted by molar-refractivity contribution is -0.193. The molecule has 0 aliphatic carbocycles. The van der Waals surface area contributed by atoms with Gasteiger partial charge in [-0.2, -0.15) is 36.4 Å². The number of nitrogens with one attached hydrogen (secondary N) is 2. The van der Waals surface area contributed by atoms with Crippen molar-refractivity contribution in [3.8, 4) is 0 Å². The average molecular weight is 605 g/mol. The maximum atomic E-state index is 11.2. The molecule has 1 saturated heterocycles. The second-order valence-electron chi connectivity index (χ2n) is 9.56. The molecule has 0 atom stereocenters. The van der Waals surface area contributed by atoms with Gasteiger partial charge in [0.05, 0.1) is 18.8 Å². The number of fused-ring (bicyclic) bond motifs is 1. The molecule has 1 fully saturated rings. The molecule has 17 heteroatoms. The van der Waals surface area contributed by atoms with Crippen molar-refractivity contribution in [2.45, 2.75) is 45.6 Å². The van der Waals surface area contributed by atoms with Gasteiger partial charge in [0.1, 0.15) is 16.9 Å². The van der Waals surface area contributed by atoms with Crippen LogP contribution in [-0.2, 0) is 20.9 Å². The SMILES string of the molecule is COCCn1nc(C(C)C)c2nc(N3CCNCC3)nc(Nc3cc(C)ccn3)c21.O=C(C(=O)C(F)(F)F)C(F)(F)F. The molecule has 11 nitrogen and oxygen atoms in total. The molecule has 4 heterocycles. The number of carbonyl (C=O) groups excluding carboxylic acids is 2. The van der Waals surface area contributed by atoms with Crippen molar-refractivity contribution in [1.82, 2.24) is 30.0 Å². The van der Waals surface area contributed by atoms with Crippen LogP contribution in [0, 0.1) is 6.92 Å². The van der Waals surface area contributed by atoms with Gasteiger partial charge in [-0.05, 0) is 30.5 Å². The van der Waals surface area contributed by atoms with E-state index in [-0.39, 0.29) is 5.92 Å². The van der Waals surface area contributed by atoms with E-state index in [4.69, 9.17) is 19.8 Å². The number of alkyl halides is 6. The summed E-state index contributed by atoms with van der Waals surface area (Å²) >= 11 is 0. The maximum absolute atomic E-state index is 11.2. The summed E-state index contributed by atoms with van der Waals surface area (Å²) in [4.78, 5) is 35.8. The van der Waals surface area contributed by atoms with Crippen molar-refractivity contribution in [2.24, 2.45) is 0 Å². The number of aryl methyl sites for hydroxylation is 1. The molecule has 0 spiro atoms. The molecule has 0 saturated carbocycles. The summed E-state index contributed by atoms with van der Waals surface area (Å²) in [6.07, 6.45) is -9.74. The van der Waals surface area contributed by atoms with E-state index in [0.29, 0.717) is 13.2 Å². The molecule has 2 N–H and O–H groups in total. The first-order valence-electron chi connectivity index (χ1n) is 12.8. The van der Waals surface area contributed by atoms with Crippen LogP contribution >= 0.6 is 0 Å².